The standard InChI is InChI=1S/C14H30N2/c1-5-14(4)6-8-16(9-7-14)13(11-15)10-12(2)3/h12-13H,5-11,15H2,1-4H3. The van der Waals surface area contributed by atoms with Crippen LogP contribution in [-0.4, -0.2) is 30.6 Å². The van der Waals surface area contributed by atoms with Gasteiger partial charge in [0.15, 0.2) is 0 Å². The third-order valence-electron chi connectivity index (χ3n) is 4.39. The van der Waals surface area contributed by atoms with Crippen molar-refractivity contribution < 1.29 is 0 Å². The molecule has 1 atom stereocenters. The van der Waals surface area contributed by atoms with Crippen molar-refractivity contribution in [3.05, 3.63) is 0 Å². The molecule has 16 heavy (non-hydrogen) atoms. The number of nitrogens with zero attached hydrogens (tertiary/aromatic N) is 1. The lowest BCUT2D eigenvalue weighted by molar-refractivity contribution is 0.0752. The lowest BCUT2D eigenvalue weighted by Gasteiger charge is -2.42. The van der Waals surface area contributed by atoms with Crippen LogP contribution in [-0.2, 0) is 0 Å². The topological polar surface area (TPSA) is 29.3 Å². The minimum Gasteiger partial charge on any atom is -0.329 e. The molecule has 0 aromatic carbocycles. The second-order valence-corrected chi connectivity index (χ2v) is 6.22. The van der Waals surface area contributed by atoms with Crippen LogP contribution in [0.1, 0.15) is 53.4 Å². The van der Waals surface area contributed by atoms with Crippen molar-refractivity contribution in [2.75, 3.05) is 19.6 Å². The Morgan fingerprint density at radius 3 is 2.19 bits per heavy atom. The molecule has 1 aliphatic heterocycles. The monoisotopic (exact) mass is 226 g/mol. The normalized spacial score (nSPS) is 23.6. The molecule has 1 fully saturated rings. The SMILES string of the molecule is CCC1(C)CCN(C(CN)CC(C)C)CC1. The van der Waals surface area contributed by atoms with Crippen molar-refractivity contribution in [2.45, 2.75) is 59.4 Å². The number of likely N-dealkylation sites (tertiary alicyclic amines) is 1. The maximum absolute atomic E-state index is 5.91. The maximum atomic E-state index is 5.91. The predicted molar refractivity (Wildman–Crippen MR) is 71.5 cm³/mol. The van der Waals surface area contributed by atoms with Crippen molar-refractivity contribution in [1.29, 1.82) is 0 Å². The summed E-state index contributed by atoms with van der Waals surface area (Å²) in [7, 11) is 0. The van der Waals surface area contributed by atoms with Crippen LogP contribution in [0.5, 0.6) is 0 Å². The molecule has 96 valence electrons. The summed E-state index contributed by atoms with van der Waals surface area (Å²) in [6, 6.07) is 0.612. The number of hydrogen-bond acceptors (Lipinski definition) is 2. The van der Waals surface area contributed by atoms with Gasteiger partial charge in [-0.05, 0) is 43.7 Å². The molecule has 1 saturated heterocycles. The summed E-state index contributed by atoms with van der Waals surface area (Å²) < 4.78 is 0. The minimum absolute atomic E-state index is 0.591. The summed E-state index contributed by atoms with van der Waals surface area (Å²) >= 11 is 0. The number of hydrogen-bond donors (Lipinski definition) is 1. The molecule has 0 radical (unpaired) electrons. The first-order chi connectivity index (χ1) is 7.50. The van der Waals surface area contributed by atoms with Crippen molar-refractivity contribution in [3.63, 3.8) is 0 Å². The fraction of sp³-hybridized carbons (Fsp3) is 1.00. The van der Waals surface area contributed by atoms with Crippen LogP contribution in [0.4, 0.5) is 0 Å². The zero-order valence-corrected chi connectivity index (χ0v) is 11.6. The van der Waals surface area contributed by atoms with E-state index < -0.39 is 0 Å². The maximum Gasteiger partial charge on any atom is 0.0220 e. The summed E-state index contributed by atoms with van der Waals surface area (Å²) in [5.74, 6) is 0.757. The van der Waals surface area contributed by atoms with E-state index in [4.69, 9.17) is 5.73 Å². The van der Waals surface area contributed by atoms with E-state index in [0.717, 1.165) is 12.5 Å². The molecule has 1 heterocycles. The second-order valence-electron chi connectivity index (χ2n) is 6.22. The first kappa shape index (κ1) is 14.0. The highest BCUT2D eigenvalue weighted by molar-refractivity contribution is 4.85. The van der Waals surface area contributed by atoms with Gasteiger partial charge >= 0.3 is 0 Å². The summed E-state index contributed by atoms with van der Waals surface area (Å²) in [5, 5.41) is 0. The molecule has 0 aromatic rings. The molecule has 0 bridgehead atoms. The van der Waals surface area contributed by atoms with Crippen molar-refractivity contribution in [1.82, 2.24) is 4.90 Å². The van der Waals surface area contributed by atoms with Gasteiger partial charge in [0.1, 0.15) is 0 Å². The Kier molecular flexibility index (Phi) is 5.26. The molecule has 0 aliphatic carbocycles. The molecule has 1 aliphatic rings. The Bertz CT molecular complexity index is 193. The molecular formula is C14H30N2. The van der Waals surface area contributed by atoms with E-state index in [9.17, 15) is 0 Å². The molecule has 1 unspecified atom stereocenters. The van der Waals surface area contributed by atoms with Crippen molar-refractivity contribution >= 4 is 0 Å². The van der Waals surface area contributed by atoms with Crippen LogP contribution in [0.15, 0.2) is 0 Å². The Morgan fingerprint density at radius 2 is 1.81 bits per heavy atom. The Labute approximate surface area is 102 Å². The number of nitrogens with two attached hydrogens (primary N) is 1. The van der Waals surface area contributed by atoms with Gasteiger partial charge in [-0.1, -0.05) is 34.1 Å². The molecule has 0 saturated carbocycles. The van der Waals surface area contributed by atoms with Crippen LogP contribution in [0.3, 0.4) is 0 Å². The van der Waals surface area contributed by atoms with Gasteiger partial charge in [-0.25, -0.2) is 0 Å². The molecule has 2 nitrogen and oxygen atoms in total. The summed E-state index contributed by atoms with van der Waals surface area (Å²) in [5.41, 5.74) is 6.50. The van der Waals surface area contributed by atoms with E-state index in [-0.39, 0.29) is 0 Å². The van der Waals surface area contributed by atoms with E-state index >= 15 is 0 Å². The van der Waals surface area contributed by atoms with Gasteiger partial charge in [0.2, 0.25) is 0 Å². The van der Waals surface area contributed by atoms with Crippen LogP contribution in [0.25, 0.3) is 0 Å². The zero-order chi connectivity index (χ0) is 12.2. The van der Waals surface area contributed by atoms with Gasteiger partial charge in [-0.2, -0.15) is 0 Å². The lowest BCUT2D eigenvalue weighted by Crippen LogP contribution is -2.47. The van der Waals surface area contributed by atoms with Gasteiger partial charge < -0.3 is 5.73 Å². The quantitative estimate of drug-likeness (QED) is 0.781. The summed E-state index contributed by atoms with van der Waals surface area (Å²) in [6.07, 6.45) is 5.26. The molecular weight excluding hydrogens is 196 g/mol. The van der Waals surface area contributed by atoms with E-state index in [1.165, 1.54) is 38.8 Å². The first-order valence-corrected chi connectivity index (χ1v) is 6.95. The van der Waals surface area contributed by atoms with Gasteiger partial charge in [0.25, 0.3) is 0 Å². The molecule has 0 spiro atoms. The van der Waals surface area contributed by atoms with Gasteiger partial charge in [0, 0.05) is 12.6 Å². The second kappa shape index (κ2) is 6.02. The van der Waals surface area contributed by atoms with Crippen LogP contribution in [0.2, 0.25) is 0 Å². The smallest absolute Gasteiger partial charge is 0.0220 e. The van der Waals surface area contributed by atoms with E-state index in [2.05, 4.69) is 32.6 Å². The van der Waals surface area contributed by atoms with Gasteiger partial charge in [0.05, 0.1) is 0 Å². The Morgan fingerprint density at radius 1 is 1.25 bits per heavy atom. The van der Waals surface area contributed by atoms with Crippen LogP contribution < -0.4 is 5.73 Å². The third kappa shape index (κ3) is 3.74. The van der Waals surface area contributed by atoms with Gasteiger partial charge in [-0.15, -0.1) is 0 Å². The van der Waals surface area contributed by atoms with Crippen LogP contribution >= 0.6 is 0 Å². The molecule has 2 N–H and O–H groups in total. The highest BCUT2D eigenvalue weighted by Crippen LogP contribution is 2.34. The highest BCUT2D eigenvalue weighted by atomic mass is 15.2. The molecule has 0 aromatic heterocycles. The molecule has 1 rings (SSSR count). The third-order valence-corrected chi connectivity index (χ3v) is 4.39. The van der Waals surface area contributed by atoms with Crippen molar-refractivity contribution in [3.8, 4) is 0 Å². The lowest BCUT2D eigenvalue weighted by atomic mass is 9.78. The number of piperidine rings is 1. The van der Waals surface area contributed by atoms with E-state index in [1.54, 1.807) is 0 Å². The Balaban J connectivity index is 2.45. The minimum atomic E-state index is 0.591. The Hall–Kier alpha value is -0.0800. The fourth-order valence-electron chi connectivity index (χ4n) is 2.72. The van der Waals surface area contributed by atoms with E-state index in [1.807, 2.05) is 0 Å². The highest BCUT2D eigenvalue weighted by Gasteiger charge is 2.30. The zero-order valence-electron chi connectivity index (χ0n) is 11.6. The summed E-state index contributed by atoms with van der Waals surface area (Å²) in [4.78, 5) is 2.62. The first-order valence-electron chi connectivity index (χ1n) is 6.95. The molecule has 2 heteroatoms. The average molecular weight is 226 g/mol. The average Bonchev–Trinajstić information content (AvgIpc) is 2.27. The summed E-state index contributed by atoms with van der Waals surface area (Å²) in [6.45, 7) is 12.7. The largest absolute Gasteiger partial charge is 0.329 e. The molecule has 0 amide bonds. The van der Waals surface area contributed by atoms with Gasteiger partial charge in [-0.3, -0.25) is 4.90 Å². The van der Waals surface area contributed by atoms with Crippen LogP contribution in [0, 0.1) is 11.3 Å². The van der Waals surface area contributed by atoms with Crippen molar-refractivity contribution in [2.24, 2.45) is 17.1 Å². The predicted octanol–water partition coefficient (Wildman–Crippen LogP) is 2.87. The fourth-order valence-corrected chi connectivity index (χ4v) is 2.72. The van der Waals surface area contributed by atoms with E-state index in [0.29, 0.717) is 11.5 Å². The number of rotatable bonds is 5.